The maximum atomic E-state index is 12.6. The Morgan fingerprint density at radius 2 is 1.10 bits per heavy atom. The van der Waals surface area contributed by atoms with Crippen LogP contribution < -0.4 is 4.57 Å². The Morgan fingerprint density at radius 1 is 0.694 bits per heavy atom. The highest BCUT2D eigenvalue weighted by molar-refractivity contribution is 7.87. The number of aryl methyl sites for hydroxylation is 1. The van der Waals surface area contributed by atoms with E-state index in [0.29, 0.717) is 52.4 Å². The highest BCUT2D eigenvalue weighted by Gasteiger charge is 2.51. The molecule has 4 aliphatic heterocycles. The van der Waals surface area contributed by atoms with E-state index >= 15 is 0 Å². The smallest absolute Gasteiger partial charge is 0.410 e. The summed E-state index contributed by atoms with van der Waals surface area (Å²) in [5.74, 6) is 0. The van der Waals surface area contributed by atoms with Crippen molar-refractivity contribution in [3.05, 3.63) is 37.4 Å². The lowest BCUT2D eigenvalue weighted by molar-refractivity contribution is -0.670. The minimum absolute atomic E-state index is 0.0257. The fourth-order valence-corrected chi connectivity index (χ4v) is 9.35. The van der Waals surface area contributed by atoms with Crippen LogP contribution in [0.15, 0.2) is 37.4 Å². The molecule has 0 aromatic carbocycles. The van der Waals surface area contributed by atoms with Crippen molar-refractivity contribution < 1.29 is 40.5 Å². The van der Waals surface area contributed by atoms with Gasteiger partial charge in [0.15, 0.2) is 0 Å². The highest BCUT2D eigenvalue weighted by Crippen LogP contribution is 2.42. The molecule has 0 radical (unpaired) electrons. The van der Waals surface area contributed by atoms with Gasteiger partial charge in [0.25, 0.3) is 6.33 Å². The first kappa shape index (κ1) is 37.0. The van der Waals surface area contributed by atoms with Gasteiger partial charge in [-0.2, -0.15) is 25.4 Å². The van der Waals surface area contributed by atoms with Gasteiger partial charge in [0.1, 0.15) is 29.9 Å². The molecule has 0 N–H and O–H groups in total. The Morgan fingerprint density at radius 3 is 1.43 bits per heavy atom. The van der Waals surface area contributed by atoms with Crippen molar-refractivity contribution in [2.75, 3.05) is 52.4 Å². The molecule has 0 atom stereocenters. The lowest BCUT2D eigenvalue weighted by Crippen LogP contribution is -2.62. The largest absolute Gasteiger partial charge is 0.444 e. The Kier molecular flexibility index (Phi) is 9.94. The number of piperidine rings is 2. The summed E-state index contributed by atoms with van der Waals surface area (Å²) in [5.41, 5.74) is -0.936. The average Bonchev–Trinajstić information content (AvgIpc) is 3.66. The fraction of sp³-hybridized carbons (Fsp3) is 0.742. The number of imidazole rings is 2. The minimum Gasteiger partial charge on any atom is -0.444 e. The van der Waals surface area contributed by atoms with E-state index in [1.54, 1.807) is 40.1 Å². The third-order valence-electron chi connectivity index (χ3n) is 9.38. The Balaban J connectivity index is 0.000000191. The number of carbonyl (C=O) groups excluding carboxylic acids is 2. The third kappa shape index (κ3) is 8.40. The molecule has 0 bridgehead atoms. The van der Waals surface area contributed by atoms with E-state index in [1.165, 1.54) is 31.3 Å². The van der Waals surface area contributed by atoms with Gasteiger partial charge in [-0.1, -0.05) is 0 Å². The molecule has 0 aliphatic carbocycles. The van der Waals surface area contributed by atoms with E-state index in [0.717, 1.165) is 29.7 Å². The lowest BCUT2D eigenvalue weighted by Gasteiger charge is -2.53. The molecule has 2 aromatic heterocycles. The summed E-state index contributed by atoms with van der Waals surface area (Å²) >= 11 is 0. The number of amides is 2. The zero-order valence-electron chi connectivity index (χ0n) is 29.6. The molecule has 2 amide bonds. The molecule has 4 fully saturated rings. The third-order valence-corrected chi connectivity index (χ3v) is 12.9. The zero-order valence-corrected chi connectivity index (χ0v) is 31.2. The van der Waals surface area contributed by atoms with E-state index in [1.807, 2.05) is 41.5 Å². The van der Waals surface area contributed by atoms with Gasteiger partial charge in [-0.3, -0.25) is 0 Å². The Labute approximate surface area is 289 Å². The lowest BCUT2D eigenvalue weighted by atomic mass is 9.72. The van der Waals surface area contributed by atoms with E-state index in [-0.39, 0.29) is 23.0 Å². The first-order chi connectivity index (χ1) is 22.6. The van der Waals surface area contributed by atoms with Crippen LogP contribution in [-0.4, -0.2) is 124 Å². The predicted octanol–water partition coefficient (Wildman–Crippen LogP) is 2.05. The molecule has 4 saturated heterocycles. The van der Waals surface area contributed by atoms with Gasteiger partial charge in [0, 0.05) is 75.6 Å². The van der Waals surface area contributed by atoms with Crippen molar-refractivity contribution in [2.45, 2.75) is 78.4 Å². The number of ether oxygens (including phenoxy) is 2. The van der Waals surface area contributed by atoms with E-state index in [2.05, 4.69) is 4.98 Å². The van der Waals surface area contributed by atoms with Crippen LogP contribution in [0.5, 0.6) is 0 Å². The minimum atomic E-state index is -3.52. The van der Waals surface area contributed by atoms with Crippen LogP contribution in [0.1, 0.15) is 67.2 Å². The molecule has 274 valence electrons. The summed E-state index contributed by atoms with van der Waals surface area (Å²) in [6, 6.07) is 0. The van der Waals surface area contributed by atoms with Crippen molar-refractivity contribution in [1.29, 1.82) is 0 Å². The van der Waals surface area contributed by atoms with Gasteiger partial charge in [-0.15, -0.1) is 3.97 Å². The summed E-state index contributed by atoms with van der Waals surface area (Å²) < 4.78 is 68.0. The monoisotopic (exact) mass is 727 g/mol. The maximum Gasteiger partial charge on any atom is 0.410 e. The number of aromatic nitrogens is 4. The van der Waals surface area contributed by atoms with Gasteiger partial charge in [0.05, 0.1) is 7.05 Å². The van der Waals surface area contributed by atoms with Crippen molar-refractivity contribution in [3.8, 4) is 0 Å². The molecule has 4 aliphatic rings. The molecule has 6 heterocycles. The van der Waals surface area contributed by atoms with Crippen molar-refractivity contribution in [1.82, 2.24) is 31.3 Å². The standard InChI is InChI=1S/C16H27N4O4S.C15H24N4O4S/c1-15(2,3)24-14(21)18-11-16(12-18)5-7-19(8-6-16)25(22,23)20-10-9-17(4)13-20;1-14(2,3)23-13(20)17-10-15(11-17)4-7-18(8-5-15)24(21,22)19-9-6-16-12-19/h9-10,13H,5-8,11-12H2,1-4H3;6,9,12H,4-5,7-8,10-11H2,1-3H3/q+1;. The van der Waals surface area contributed by atoms with Crippen molar-refractivity contribution in [2.24, 2.45) is 17.9 Å². The van der Waals surface area contributed by atoms with Crippen molar-refractivity contribution in [3.63, 3.8) is 0 Å². The van der Waals surface area contributed by atoms with Crippen molar-refractivity contribution >= 4 is 32.6 Å². The van der Waals surface area contributed by atoms with Crippen LogP contribution in [0.2, 0.25) is 0 Å². The number of hydrogen-bond acceptors (Lipinski definition) is 9. The SMILES string of the molecule is CC(C)(C)OC(=O)N1CC2(CCN(S(=O)(=O)n3ccnc3)CC2)C1.C[n+]1ccn(S(=O)(=O)N2CCC3(CC2)CN(C(=O)OC(C)(C)C)C3)c1. The second-order valence-corrected chi connectivity index (χ2v) is 19.5. The molecule has 0 saturated carbocycles. The Bertz CT molecular complexity index is 1700. The van der Waals surface area contributed by atoms with Crippen LogP contribution in [0.4, 0.5) is 9.59 Å². The number of rotatable bonds is 4. The average molecular weight is 728 g/mol. The summed E-state index contributed by atoms with van der Waals surface area (Å²) in [5, 5.41) is 0. The van der Waals surface area contributed by atoms with Crippen LogP contribution >= 0.6 is 0 Å². The summed E-state index contributed by atoms with van der Waals surface area (Å²) in [6.45, 7) is 15.6. The second-order valence-electron chi connectivity index (χ2n) is 15.8. The number of carbonyl (C=O) groups is 2. The maximum absolute atomic E-state index is 12.6. The molecule has 6 rings (SSSR count). The van der Waals surface area contributed by atoms with Crippen LogP contribution in [0.25, 0.3) is 0 Å². The number of nitrogens with zero attached hydrogens (tertiary/aromatic N) is 8. The topological polar surface area (TPSA) is 160 Å². The Hall–Kier alpha value is -3.22. The summed E-state index contributed by atoms with van der Waals surface area (Å²) in [7, 11) is -5.24. The molecular formula is C31H51N8O8S2+. The first-order valence-corrected chi connectivity index (χ1v) is 19.4. The quantitative estimate of drug-likeness (QED) is 0.430. The van der Waals surface area contributed by atoms with E-state index in [4.69, 9.17) is 9.47 Å². The summed E-state index contributed by atoms with van der Waals surface area (Å²) in [4.78, 5) is 31.3. The van der Waals surface area contributed by atoms with Gasteiger partial charge < -0.3 is 19.3 Å². The van der Waals surface area contributed by atoms with Crippen LogP contribution in [0.3, 0.4) is 0 Å². The van der Waals surface area contributed by atoms with Gasteiger partial charge in [0.2, 0.25) is 0 Å². The second kappa shape index (κ2) is 13.2. The molecule has 0 unspecified atom stereocenters. The predicted molar refractivity (Wildman–Crippen MR) is 179 cm³/mol. The number of likely N-dealkylation sites (tertiary alicyclic amines) is 2. The normalized spacial score (nSPS) is 21.4. The van der Waals surface area contributed by atoms with Crippen LogP contribution in [0, 0.1) is 10.8 Å². The van der Waals surface area contributed by atoms with Crippen LogP contribution in [-0.2, 0) is 36.9 Å². The fourth-order valence-electron chi connectivity index (χ4n) is 6.67. The molecule has 2 aromatic rings. The van der Waals surface area contributed by atoms with Gasteiger partial charge in [-0.05, 0) is 67.2 Å². The zero-order chi connectivity index (χ0) is 36.0. The van der Waals surface area contributed by atoms with E-state index < -0.39 is 31.6 Å². The molecule has 16 nitrogen and oxygen atoms in total. The van der Waals surface area contributed by atoms with E-state index in [9.17, 15) is 26.4 Å². The molecule has 18 heteroatoms. The highest BCUT2D eigenvalue weighted by atomic mass is 32.2. The first-order valence-electron chi connectivity index (χ1n) is 16.6. The number of hydrogen-bond donors (Lipinski definition) is 0. The van der Waals surface area contributed by atoms with Gasteiger partial charge in [-0.25, -0.2) is 23.1 Å². The summed E-state index contributed by atoms with van der Waals surface area (Å²) in [6.07, 6.45) is 11.4. The molecular weight excluding hydrogens is 677 g/mol. The molecule has 49 heavy (non-hydrogen) atoms. The van der Waals surface area contributed by atoms with Gasteiger partial charge >= 0.3 is 32.6 Å². The molecule has 2 spiro atoms.